The maximum Gasteiger partial charge on any atom is 0.332 e. The first kappa shape index (κ1) is 11.2. The molecule has 4 nitrogen and oxygen atoms in total. The Bertz CT molecular complexity index is 215. The standard InChI is InChI=1S/C10H16O4/c1-4-9(11)13-8(3)14-10(5-2)6-12-7-10/h4,8H,1,5-7H2,2-3H3. The van der Waals surface area contributed by atoms with Crippen LogP contribution in [-0.2, 0) is 19.0 Å². The highest BCUT2D eigenvalue weighted by Crippen LogP contribution is 2.27. The van der Waals surface area contributed by atoms with E-state index in [0.717, 1.165) is 12.5 Å². The van der Waals surface area contributed by atoms with E-state index in [-0.39, 0.29) is 5.60 Å². The van der Waals surface area contributed by atoms with Crippen LogP contribution in [-0.4, -0.2) is 31.1 Å². The second-order valence-corrected chi connectivity index (χ2v) is 3.36. The molecule has 0 spiro atoms. The van der Waals surface area contributed by atoms with Crippen LogP contribution in [0.2, 0.25) is 0 Å². The Labute approximate surface area is 83.8 Å². The molecule has 1 atom stereocenters. The highest BCUT2D eigenvalue weighted by atomic mass is 16.7. The van der Waals surface area contributed by atoms with Gasteiger partial charge >= 0.3 is 5.97 Å². The average molecular weight is 200 g/mol. The van der Waals surface area contributed by atoms with Gasteiger partial charge < -0.3 is 14.2 Å². The minimum absolute atomic E-state index is 0.263. The van der Waals surface area contributed by atoms with E-state index in [9.17, 15) is 4.79 Å². The summed E-state index contributed by atoms with van der Waals surface area (Å²) in [5.74, 6) is -0.469. The molecule has 0 aromatic rings. The lowest BCUT2D eigenvalue weighted by atomic mass is 9.99. The fourth-order valence-corrected chi connectivity index (χ4v) is 1.27. The van der Waals surface area contributed by atoms with Gasteiger partial charge in [0.05, 0.1) is 13.2 Å². The molecular formula is C10H16O4. The van der Waals surface area contributed by atoms with Crippen molar-refractivity contribution in [1.29, 1.82) is 0 Å². The third-order valence-corrected chi connectivity index (χ3v) is 2.24. The molecule has 80 valence electrons. The zero-order valence-electron chi connectivity index (χ0n) is 8.62. The lowest BCUT2D eigenvalue weighted by molar-refractivity contribution is -0.272. The predicted octanol–water partition coefficient (Wildman–Crippen LogP) is 1.26. The Morgan fingerprint density at radius 1 is 1.71 bits per heavy atom. The zero-order chi connectivity index (χ0) is 10.6. The minimum Gasteiger partial charge on any atom is -0.433 e. The molecule has 1 fully saturated rings. The Balaban J connectivity index is 2.35. The molecule has 1 rings (SSSR count). The largest absolute Gasteiger partial charge is 0.433 e. The summed E-state index contributed by atoms with van der Waals surface area (Å²) in [5, 5.41) is 0. The molecule has 0 amide bonds. The number of carbonyl (C=O) groups excluding carboxylic acids is 1. The maximum atomic E-state index is 10.9. The van der Waals surface area contributed by atoms with Crippen molar-refractivity contribution in [3.63, 3.8) is 0 Å². The van der Waals surface area contributed by atoms with Crippen LogP contribution in [0.25, 0.3) is 0 Å². The van der Waals surface area contributed by atoms with Crippen molar-refractivity contribution in [3.05, 3.63) is 12.7 Å². The molecule has 0 aromatic heterocycles. The quantitative estimate of drug-likeness (QED) is 0.380. The Hall–Kier alpha value is -0.870. The molecule has 0 N–H and O–H groups in total. The third-order valence-electron chi connectivity index (χ3n) is 2.24. The maximum absolute atomic E-state index is 10.9. The van der Waals surface area contributed by atoms with Gasteiger partial charge in [0.15, 0.2) is 0 Å². The molecule has 1 aliphatic rings. The van der Waals surface area contributed by atoms with Gasteiger partial charge in [0.2, 0.25) is 6.29 Å². The predicted molar refractivity (Wildman–Crippen MR) is 50.7 cm³/mol. The summed E-state index contributed by atoms with van der Waals surface area (Å²) in [6.45, 7) is 8.16. The second kappa shape index (κ2) is 4.57. The van der Waals surface area contributed by atoms with Crippen molar-refractivity contribution >= 4 is 5.97 Å². The first-order valence-corrected chi connectivity index (χ1v) is 4.70. The number of hydrogen-bond acceptors (Lipinski definition) is 4. The Morgan fingerprint density at radius 2 is 2.36 bits per heavy atom. The summed E-state index contributed by atoms with van der Waals surface area (Å²) in [4.78, 5) is 10.9. The Morgan fingerprint density at radius 3 is 2.71 bits per heavy atom. The van der Waals surface area contributed by atoms with Crippen molar-refractivity contribution in [1.82, 2.24) is 0 Å². The second-order valence-electron chi connectivity index (χ2n) is 3.36. The van der Waals surface area contributed by atoms with Gasteiger partial charge in [-0.3, -0.25) is 0 Å². The van der Waals surface area contributed by atoms with E-state index in [1.165, 1.54) is 0 Å². The molecule has 0 saturated carbocycles. The van der Waals surface area contributed by atoms with Gasteiger partial charge in [0, 0.05) is 6.08 Å². The van der Waals surface area contributed by atoms with Gasteiger partial charge in [0.1, 0.15) is 5.60 Å². The highest BCUT2D eigenvalue weighted by molar-refractivity contribution is 5.81. The fourth-order valence-electron chi connectivity index (χ4n) is 1.27. The summed E-state index contributed by atoms with van der Waals surface area (Å²) in [7, 11) is 0. The van der Waals surface area contributed by atoms with Crippen LogP contribution >= 0.6 is 0 Å². The molecule has 4 heteroatoms. The SMILES string of the molecule is C=CC(=O)OC(C)OC1(CC)COC1. The van der Waals surface area contributed by atoms with Crippen molar-refractivity contribution in [2.45, 2.75) is 32.2 Å². The topological polar surface area (TPSA) is 44.8 Å². The Kier molecular flexibility index (Phi) is 3.66. The highest BCUT2D eigenvalue weighted by Gasteiger charge is 2.40. The number of esters is 1. The lowest BCUT2D eigenvalue weighted by Gasteiger charge is -2.41. The van der Waals surface area contributed by atoms with Crippen LogP contribution in [0.3, 0.4) is 0 Å². The van der Waals surface area contributed by atoms with Gasteiger partial charge in [-0.2, -0.15) is 0 Å². The van der Waals surface area contributed by atoms with Crippen molar-refractivity contribution in [3.8, 4) is 0 Å². The first-order valence-electron chi connectivity index (χ1n) is 4.70. The summed E-state index contributed by atoms with van der Waals surface area (Å²) < 4.78 is 15.6. The molecular weight excluding hydrogens is 184 g/mol. The summed E-state index contributed by atoms with van der Waals surface area (Å²) in [6, 6.07) is 0. The lowest BCUT2D eigenvalue weighted by Crippen LogP contribution is -2.53. The molecule has 1 heterocycles. The van der Waals surface area contributed by atoms with Gasteiger partial charge in [-0.1, -0.05) is 13.5 Å². The van der Waals surface area contributed by atoms with E-state index in [4.69, 9.17) is 14.2 Å². The molecule has 0 aliphatic carbocycles. The smallest absolute Gasteiger partial charge is 0.332 e. The molecule has 1 saturated heterocycles. The van der Waals surface area contributed by atoms with Crippen LogP contribution < -0.4 is 0 Å². The van der Waals surface area contributed by atoms with Crippen LogP contribution in [0.1, 0.15) is 20.3 Å². The van der Waals surface area contributed by atoms with Crippen molar-refractivity contribution in [2.75, 3.05) is 13.2 Å². The fraction of sp³-hybridized carbons (Fsp3) is 0.700. The normalized spacial score (nSPS) is 20.7. The van der Waals surface area contributed by atoms with Gasteiger partial charge in [-0.05, 0) is 13.3 Å². The monoisotopic (exact) mass is 200 g/mol. The van der Waals surface area contributed by atoms with E-state index in [1.807, 2.05) is 6.92 Å². The molecule has 0 bridgehead atoms. The van der Waals surface area contributed by atoms with Gasteiger partial charge in [-0.15, -0.1) is 0 Å². The van der Waals surface area contributed by atoms with E-state index in [1.54, 1.807) is 6.92 Å². The van der Waals surface area contributed by atoms with Crippen LogP contribution in [0.15, 0.2) is 12.7 Å². The van der Waals surface area contributed by atoms with E-state index in [2.05, 4.69) is 6.58 Å². The molecule has 0 aromatic carbocycles. The number of ether oxygens (including phenoxy) is 3. The summed E-state index contributed by atoms with van der Waals surface area (Å²) in [5.41, 5.74) is -0.263. The molecule has 1 aliphatic heterocycles. The number of hydrogen-bond donors (Lipinski definition) is 0. The zero-order valence-corrected chi connectivity index (χ0v) is 8.62. The third kappa shape index (κ3) is 2.56. The van der Waals surface area contributed by atoms with Gasteiger partial charge in [-0.25, -0.2) is 4.79 Å². The van der Waals surface area contributed by atoms with Crippen molar-refractivity contribution in [2.24, 2.45) is 0 Å². The van der Waals surface area contributed by atoms with E-state index >= 15 is 0 Å². The number of rotatable bonds is 5. The molecule has 1 unspecified atom stereocenters. The van der Waals surface area contributed by atoms with E-state index in [0.29, 0.717) is 13.2 Å². The summed E-state index contributed by atoms with van der Waals surface area (Å²) in [6.07, 6.45) is 1.42. The van der Waals surface area contributed by atoms with Crippen LogP contribution in [0.4, 0.5) is 0 Å². The summed E-state index contributed by atoms with van der Waals surface area (Å²) >= 11 is 0. The van der Waals surface area contributed by atoms with E-state index < -0.39 is 12.3 Å². The minimum atomic E-state index is -0.552. The average Bonchev–Trinajstić information content (AvgIpc) is 2.11. The van der Waals surface area contributed by atoms with Crippen LogP contribution in [0.5, 0.6) is 0 Å². The van der Waals surface area contributed by atoms with Crippen LogP contribution in [0, 0.1) is 0 Å². The number of carbonyl (C=O) groups is 1. The molecule has 14 heavy (non-hydrogen) atoms. The first-order chi connectivity index (χ1) is 6.62. The molecule has 0 radical (unpaired) electrons. The van der Waals surface area contributed by atoms with Gasteiger partial charge in [0.25, 0.3) is 0 Å². The van der Waals surface area contributed by atoms with Crippen molar-refractivity contribution < 1.29 is 19.0 Å².